The fourth-order valence-corrected chi connectivity index (χ4v) is 1.76. The van der Waals surface area contributed by atoms with Gasteiger partial charge < -0.3 is 14.8 Å². The van der Waals surface area contributed by atoms with Crippen molar-refractivity contribution in [2.45, 2.75) is 32.6 Å². The second-order valence-corrected chi connectivity index (χ2v) is 4.69. The van der Waals surface area contributed by atoms with Gasteiger partial charge in [-0.3, -0.25) is 4.68 Å². The number of nitrogens with one attached hydrogen (secondary N) is 1. The van der Waals surface area contributed by atoms with E-state index in [-0.39, 0.29) is 6.61 Å². The first-order chi connectivity index (χ1) is 9.92. The van der Waals surface area contributed by atoms with Crippen molar-refractivity contribution < 1.29 is 22.6 Å². The van der Waals surface area contributed by atoms with Crippen LogP contribution >= 0.6 is 0 Å². The topological polar surface area (TPSA) is 48.3 Å². The van der Waals surface area contributed by atoms with E-state index >= 15 is 0 Å². The smallest absolute Gasteiger partial charge is 0.383 e. The summed E-state index contributed by atoms with van der Waals surface area (Å²) in [6.07, 6.45) is -1.87. The highest BCUT2D eigenvalue weighted by Gasteiger charge is 2.27. The lowest BCUT2D eigenvalue weighted by Crippen LogP contribution is -2.18. The van der Waals surface area contributed by atoms with Crippen molar-refractivity contribution in [2.24, 2.45) is 0 Å². The van der Waals surface area contributed by atoms with Crippen LogP contribution in [-0.2, 0) is 22.6 Å². The molecule has 0 unspecified atom stereocenters. The Morgan fingerprint density at radius 2 is 2.10 bits per heavy atom. The molecule has 0 aliphatic rings. The molecule has 0 aliphatic carbocycles. The van der Waals surface area contributed by atoms with Gasteiger partial charge in [0.05, 0.1) is 12.3 Å². The van der Waals surface area contributed by atoms with Crippen LogP contribution in [0.25, 0.3) is 0 Å². The van der Waals surface area contributed by atoms with Crippen molar-refractivity contribution in [1.82, 2.24) is 15.1 Å². The van der Waals surface area contributed by atoms with E-state index in [1.54, 1.807) is 11.8 Å². The number of methoxy groups -OCH3 is 1. The fourth-order valence-electron chi connectivity index (χ4n) is 1.76. The van der Waals surface area contributed by atoms with Gasteiger partial charge in [0.15, 0.2) is 0 Å². The van der Waals surface area contributed by atoms with Crippen LogP contribution in [-0.4, -0.2) is 49.4 Å². The van der Waals surface area contributed by atoms with E-state index in [0.717, 1.165) is 17.8 Å². The average Bonchev–Trinajstić information content (AvgIpc) is 2.74. The molecule has 21 heavy (non-hydrogen) atoms. The Balaban J connectivity index is 2.23. The van der Waals surface area contributed by atoms with E-state index in [4.69, 9.17) is 4.74 Å². The second kappa shape index (κ2) is 9.01. The molecule has 1 N–H and O–H groups in total. The van der Waals surface area contributed by atoms with Gasteiger partial charge in [-0.1, -0.05) is 0 Å². The van der Waals surface area contributed by atoms with E-state index in [1.807, 2.05) is 13.1 Å². The largest absolute Gasteiger partial charge is 0.411 e. The minimum atomic E-state index is -4.26. The van der Waals surface area contributed by atoms with Gasteiger partial charge in [0, 0.05) is 45.1 Å². The Morgan fingerprint density at radius 3 is 2.76 bits per heavy atom. The molecule has 1 aromatic rings. The molecule has 0 atom stereocenters. The molecule has 0 bridgehead atoms. The third-order valence-corrected chi connectivity index (χ3v) is 2.79. The first-order valence-electron chi connectivity index (χ1n) is 6.79. The third kappa shape index (κ3) is 8.03. The van der Waals surface area contributed by atoms with Crippen molar-refractivity contribution in [1.29, 1.82) is 0 Å². The van der Waals surface area contributed by atoms with Crippen molar-refractivity contribution in [3.63, 3.8) is 0 Å². The normalized spacial score (nSPS) is 12.0. The molecule has 0 aliphatic heterocycles. The quantitative estimate of drug-likeness (QED) is 0.671. The highest BCUT2D eigenvalue weighted by Crippen LogP contribution is 2.14. The number of rotatable bonds is 10. The molecule has 0 fully saturated rings. The van der Waals surface area contributed by atoms with E-state index in [1.165, 1.54) is 0 Å². The van der Waals surface area contributed by atoms with Crippen molar-refractivity contribution in [3.8, 4) is 0 Å². The van der Waals surface area contributed by atoms with Crippen LogP contribution in [0.3, 0.4) is 0 Å². The standard InChI is InChI=1S/C13H22F3N3O2/c1-11-12(8-17-4-7-20-2)9-19(18-11)5-3-6-21-10-13(14,15)16/h9,17H,3-8,10H2,1-2H3. The number of hydrogen-bond acceptors (Lipinski definition) is 4. The molecular weight excluding hydrogens is 287 g/mol. The Hall–Kier alpha value is -1.12. The molecule has 1 rings (SSSR count). The highest BCUT2D eigenvalue weighted by atomic mass is 19.4. The van der Waals surface area contributed by atoms with Crippen LogP contribution in [0, 0.1) is 6.92 Å². The predicted molar refractivity (Wildman–Crippen MR) is 72.0 cm³/mol. The van der Waals surface area contributed by atoms with E-state index in [0.29, 0.717) is 26.1 Å². The van der Waals surface area contributed by atoms with Crippen molar-refractivity contribution >= 4 is 0 Å². The molecule has 0 aromatic carbocycles. The third-order valence-electron chi connectivity index (χ3n) is 2.79. The number of ether oxygens (including phenoxy) is 2. The zero-order valence-electron chi connectivity index (χ0n) is 12.4. The van der Waals surface area contributed by atoms with Crippen LogP contribution in [0.5, 0.6) is 0 Å². The molecule has 0 amide bonds. The fraction of sp³-hybridized carbons (Fsp3) is 0.769. The number of hydrogen-bond donors (Lipinski definition) is 1. The van der Waals surface area contributed by atoms with Crippen LogP contribution in [0.15, 0.2) is 6.20 Å². The van der Waals surface area contributed by atoms with Gasteiger partial charge >= 0.3 is 6.18 Å². The first kappa shape index (κ1) is 17.9. The summed E-state index contributed by atoms with van der Waals surface area (Å²) >= 11 is 0. The van der Waals surface area contributed by atoms with Crippen LogP contribution in [0.2, 0.25) is 0 Å². The summed E-state index contributed by atoms with van der Waals surface area (Å²) in [5.74, 6) is 0. The molecule has 5 nitrogen and oxygen atoms in total. The lowest BCUT2D eigenvalue weighted by molar-refractivity contribution is -0.174. The lowest BCUT2D eigenvalue weighted by Gasteiger charge is -2.07. The molecular formula is C13H22F3N3O2. The maximum Gasteiger partial charge on any atom is 0.411 e. The summed E-state index contributed by atoms with van der Waals surface area (Å²) in [6, 6.07) is 0. The minimum Gasteiger partial charge on any atom is -0.383 e. The molecule has 1 heterocycles. The lowest BCUT2D eigenvalue weighted by atomic mass is 10.2. The van der Waals surface area contributed by atoms with E-state index in [2.05, 4.69) is 15.2 Å². The summed E-state index contributed by atoms with van der Waals surface area (Å²) in [4.78, 5) is 0. The summed E-state index contributed by atoms with van der Waals surface area (Å²) in [6.45, 7) is 3.41. The number of alkyl halides is 3. The molecule has 0 saturated heterocycles. The van der Waals surface area contributed by atoms with E-state index in [9.17, 15) is 13.2 Å². The first-order valence-corrected chi connectivity index (χ1v) is 6.79. The van der Waals surface area contributed by atoms with Crippen molar-refractivity contribution in [2.75, 3.05) is 33.5 Å². The minimum absolute atomic E-state index is 0.0693. The van der Waals surface area contributed by atoms with Gasteiger partial charge in [-0.25, -0.2) is 0 Å². The average molecular weight is 309 g/mol. The maximum absolute atomic E-state index is 11.9. The summed E-state index contributed by atoms with van der Waals surface area (Å²) in [5.41, 5.74) is 1.98. The zero-order chi connectivity index (χ0) is 15.7. The molecule has 122 valence electrons. The number of aryl methyl sites for hydroxylation is 2. The predicted octanol–water partition coefficient (Wildman–Crippen LogP) is 1.90. The van der Waals surface area contributed by atoms with Crippen LogP contribution < -0.4 is 5.32 Å². The Labute approximate surface area is 122 Å². The summed E-state index contributed by atoms with van der Waals surface area (Å²) in [5, 5.41) is 7.55. The van der Waals surface area contributed by atoms with Gasteiger partial charge in [-0.2, -0.15) is 18.3 Å². The SMILES string of the molecule is COCCNCc1cn(CCCOCC(F)(F)F)nc1C. The molecule has 0 saturated carbocycles. The van der Waals surface area contributed by atoms with Crippen molar-refractivity contribution in [3.05, 3.63) is 17.5 Å². The Kier molecular flexibility index (Phi) is 7.69. The van der Waals surface area contributed by atoms with Crippen LogP contribution in [0.4, 0.5) is 13.2 Å². The van der Waals surface area contributed by atoms with E-state index < -0.39 is 12.8 Å². The Bertz CT molecular complexity index is 408. The Morgan fingerprint density at radius 1 is 1.33 bits per heavy atom. The monoisotopic (exact) mass is 309 g/mol. The molecule has 8 heteroatoms. The highest BCUT2D eigenvalue weighted by molar-refractivity contribution is 5.14. The maximum atomic E-state index is 11.9. The number of halogens is 3. The van der Waals surface area contributed by atoms with Crippen LogP contribution in [0.1, 0.15) is 17.7 Å². The summed E-state index contributed by atoms with van der Waals surface area (Å²) in [7, 11) is 1.64. The van der Waals surface area contributed by atoms with Gasteiger partial charge in [0.25, 0.3) is 0 Å². The molecule has 1 aromatic heterocycles. The summed E-state index contributed by atoms with van der Waals surface area (Å²) < 4.78 is 46.9. The number of aromatic nitrogens is 2. The molecule has 0 radical (unpaired) electrons. The van der Waals surface area contributed by atoms with Gasteiger partial charge in [-0.05, 0) is 13.3 Å². The second-order valence-electron chi connectivity index (χ2n) is 4.69. The van der Waals surface area contributed by atoms with Gasteiger partial charge in [0.2, 0.25) is 0 Å². The van der Waals surface area contributed by atoms with Gasteiger partial charge in [-0.15, -0.1) is 0 Å². The number of nitrogens with zero attached hydrogens (tertiary/aromatic N) is 2. The zero-order valence-corrected chi connectivity index (χ0v) is 12.4. The molecule has 0 spiro atoms. The van der Waals surface area contributed by atoms with Gasteiger partial charge in [0.1, 0.15) is 6.61 Å².